The minimum atomic E-state index is -0.916. The molecule has 136 valence electrons. The summed E-state index contributed by atoms with van der Waals surface area (Å²) in [4.78, 5) is 24.9. The number of esters is 1. The minimum Gasteiger partial charge on any atom is -0.465 e. The molecular formula is C18H15F2NO3S2. The largest absolute Gasteiger partial charge is 0.465 e. The zero-order chi connectivity index (χ0) is 18.7. The Bertz CT molecular complexity index is 1010. The van der Waals surface area contributed by atoms with Crippen LogP contribution >= 0.6 is 23.1 Å². The molecule has 26 heavy (non-hydrogen) atoms. The Morgan fingerprint density at radius 1 is 1.31 bits per heavy atom. The van der Waals surface area contributed by atoms with Crippen molar-refractivity contribution in [1.29, 1.82) is 0 Å². The van der Waals surface area contributed by atoms with E-state index in [0.29, 0.717) is 15.2 Å². The molecule has 1 aromatic carbocycles. The van der Waals surface area contributed by atoms with Crippen molar-refractivity contribution in [2.45, 2.75) is 24.2 Å². The van der Waals surface area contributed by atoms with Gasteiger partial charge in [0.1, 0.15) is 11.4 Å². The second-order valence-electron chi connectivity index (χ2n) is 5.38. The van der Waals surface area contributed by atoms with Crippen molar-refractivity contribution < 1.29 is 18.3 Å². The number of fused-ring (bicyclic) bond motifs is 1. The van der Waals surface area contributed by atoms with Crippen molar-refractivity contribution in [2.75, 3.05) is 6.61 Å². The standard InChI is InChI=1S/C18H15F2NO3S2/c1-2-24-16(23)9-21-15(8-14(22)12-6-7-25-18(12)21)26-10-11-4-3-5-13(19)17(11)20/h3-8H,2,9-10H2,1H3. The molecule has 0 aliphatic carbocycles. The van der Waals surface area contributed by atoms with E-state index in [0.717, 1.165) is 6.07 Å². The number of aromatic nitrogens is 1. The van der Waals surface area contributed by atoms with Gasteiger partial charge < -0.3 is 9.30 Å². The number of rotatable bonds is 6. The highest BCUT2D eigenvalue weighted by Gasteiger charge is 2.16. The highest BCUT2D eigenvalue weighted by molar-refractivity contribution is 7.98. The lowest BCUT2D eigenvalue weighted by molar-refractivity contribution is -0.143. The third-order valence-corrected chi connectivity index (χ3v) is 5.70. The average molecular weight is 395 g/mol. The Labute approximate surface area is 156 Å². The van der Waals surface area contributed by atoms with E-state index in [4.69, 9.17) is 4.74 Å². The number of nitrogens with zero attached hydrogens (tertiary/aromatic N) is 1. The summed E-state index contributed by atoms with van der Waals surface area (Å²) in [6, 6.07) is 7.09. The Morgan fingerprint density at radius 3 is 2.88 bits per heavy atom. The number of hydrogen-bond acceptors (Lipinski definition) is 5. The highest BCUT2D eigenvalue weighted by atomic mass is 32.2. The summed E-state index contributed by atoms with van der Waals surface area (Å²) < 4.78 is 33.9. The Kier molecular flexibility index (Phi) is 5.73. The second-order valence-corrected chi connectivity index (χ2v) is 7.27. The van der Waals surface area contributed by atoms with E-state index in [2.05, 4.69) is 0 Å². The third kappa shape index (κ3) is 3.81. The quantitative estimate of drug-likeness (QED) is 0.464. The number of thiophene rings is 1. The van der Waals surface area contributed by atoms with Crippen LogP contribution in [0.25, 0.3) is 10.2 Å². The number of benzene rings is 1. The fraction of sp³-hybridized carbons (Fsp3) is 0.222. The molecule has 0 fully saturated rings. The van der Waals surface area contributed by atoms with Gasteiger partial charge in [0.2, 0.25) is 0 Å². The van der Waals surface area contributed by atoms with Crippen molar-refractivity contribution in [3.05, 3.63) is 63.1 Å². The maximum Gasteiger partial charge on any atom is 0.326 e. The van der Waals surface area contributed by atoms with E-state index < -0.39 is 17.6 Å². The Balaban J connectivity index is 1.97. The lowest BCUT2D eigenvalue weighted by atomic mass is 10.2. The number of ether oxygens (including phenoxy) is 1. The molecule has 0 aliphatic heterocycles. The molecule has 0 saturated heterocycles. The van der Waals surface area contributed by atoms with Gasteiger partial charge in [0, 0.05) is 17.4 Å². The second kappa shape index (κ2) is 8.01. The van der Waals surface area contributed by atoms with E-state index in [-0.39, 0.29) is 29.9 Å². The molecule has 0 bridgehead atoms. The highest BCUT2D eigenvalue weighted by Crippen LogP contribution is 2.28. The summed E-state index contributed by atoms with van der Waals surface area (Å²) in [5, 5.41) is 2.79. The zero-order valence-corrected chi connectivity index (χ0v) is 15.5. The summed E-state index contributed by atoms with van der Waals surface area (Å²) in [7, 11) is 0. The number of pyridine rings is 1. The molecule has 0 radical (unpaired) electrons. The van der Waals surface area contributed by atoms with Gasteiger partial charge in [-0.05, 0) is 24.4 Å². The van der Waals surface area contributed by atoms with E-state index in [1.807, 2.05) is 0 Å². The van der Waals surface area contributed by atoms with Crippen molar-refractivity contribution in [1.82, 2.24) is 4.57 Å². The monoisotopic (exact) mass is 395 g/mol. The molecule has 0 atom stereocenters. The first-order valence-corrected chi connectivity index (χ1v) is 9.70. The van der Waals surface area contributed by atoms with Crippen molar-refractivity contribution in [3.63, 3.8) is 0 Å². The number of carbonyl (C=O) groups is 1. The van der Waals surface area contributed by atoms with Gasteiger partial charge >= 0.3 is 5.97 Å². The first-order valence-electron chi connectivity index (χ1n) is 7.83. The van der Waals surface area contributed by atoms with Crippen LogP contribution in [-0.2, 0) is 21.8 Å². The predicted molar refractivity (Wildman–Crippen MR) is 98.6 cm³/mol. The maximum atomic E-state index is 13.9. The molecule has 2 heterocycles. The zero-order valence-electron chi connectivity index (χ0n) is 13.8. The maximum absolute atomic E-state index is 13.9. The molecule has 0 N–H and O–H groups in total. The van der Waals surface area contributed by atoms with Gasteiger partial charge in [-0.1, -0.05) is 12.1 Å². The van der Waals surface area contributed by atoms with Crippen molar-refractivity contribution in [2.24, 2.45) is 0 Å². The molecule has 0 saturated carbocycles. The normalized spacial score (nSPS) is 11.0. The van der Waals surface area contributed by atoms with Crippen LogP contribution in [0, 0.1) is 11.6 Å². The molecule has 0 aliphatic rings. The molecule has 2 aromatic heterocycles. The van der Waals surface area contributed by atoms with Gasteiger partial charge in [-0.3, -0.25) is 9.59 Å². The lowest BCUT2D eigenvalue weighted by Crippen LogP contribution is -2.17. The third-order valence-electron chi connectivity index (χ3n) is 3.68. The Hall–Kier alpha value is -2.19. The van der Waals surface area contributed by atoms with Crippen LogP contribution in [0.15, 0.2) is 45.5 Å². The average Bonchev–Trinajstić information content (AvgIpc) is 3.10. The van der Waals surface area contributed by atoms with Crippen LogP contribution in [0.2, 0.25) is 0 Å². The van der Waals surface area contributed by atoms with E-state index in [1.54, 1.807) is 22.9 Å². The van der Waals surface area contributed by atoms with Gasteiger partial charge in [-0.15, -0.1) is 23.1 Å². The van der Waals surface area contributed by atoms with Crippen LogP contribution < -0.4 is 5.43 Å². The molecule has 3 rings (SSSR count). The summed E-state index contributed by atoms with van der Waals surface area (Å²) in [5.74, 6) is -2.12. The van der Waals surface area contributed by atoms with Gasteiger partial charge in [0.15, 0.2) is 17.1 Å². The number of carbonyl (C=O) groups excluding carboxylic acids is 1. The SMILES string of the molecule is CCOC(=O)Cn1c(SCc2cccc(F)c2F)cc(=O)c2ccsc21. The molecule has 0 spiro atoms. The van der Waals surface area contributed by atoms with Gasteiger partial charge in [-0.2, -0.15) is 0 Å². The van der Waals surface area contributed by atoms with E-state index in [1.165, 1.54) is 41.3 Å². The first kappa shape index (κ1) is 18.6. The van der Waals surface area contributed by atoms with Gasteiger partial charge in [0.05, 0.1) is 17.0 Å². The van der Waals surface area contributed by atoms with Gasteiger partial charge in [0.25, 0.3) is 0 Å². The van der Waals surface area contributed by atoms with Crippen LogP contribution in [0.3, 0.4) is 0 Å². The summed E-state index contributed by atoms with van der Waals surface area (Å²) in [6.07, 6.45) is 0. The molecule has 0 unspecified atom stereocenters. The first-order chi connectivity index (χ1) is 12.5. The van der Waals surface area contributed by atoms with Crippen LogP contribution in [0.5, 0.6) is 0 Å². The van der Waals surface area contributed by atoms with Crippen molar-refractivity contribution >= 4 is 39.3 Å². The lowest BCUT2D eigenvalue weighted by Gasteiger charge is -2.14. The molecule has 3 aromatic rings. The summed E-state index contributed by atoms with van der Waals surface area (Å²) in [5.41, 5.74) is 0.0139. The molecule has 0 amide bonds. The summed E-state index contributed by atoms with van der Waals surface area (Å²) in [6.45, 7) is 1.91. The number of thioether (sulfide) groups is 1. The topological polar surface area (TPSA) is 48.3 Å². The molecular weight excluding hydrogens is 380 g/mol. The number of hydrogen-bond donors (Lipinski definition) is 0. The fourth-order valence-corrected chi connectivity index (χ4v) is 4.49. The predicted octanol–water partition coefficient (Wildman–Crippen LogP) is 4.20. The minimum absolute atomic E-state index is 0.0564. The van der Waals surface area contributed by atoms with Gasteiger partial charge in [-0.25, -0.2) is 8.78 Å². The smallest absolute Gasteiger partial charge is 0.326 e. The number of halogens is 2. The fourth-order valence-electron chi connectivity index (χ4n) is 2.48. The van der Waals surface area contributed by atoms with Crippen LogP contribution in [0.4, 0.5) is 8.78 Å². The molecule has 8 heteroatoms. The van der Waals surface area contributed by atoms with Crippen LogP contribution in [-0.4, -0.2) is 17.1 Å². The van der Waals surface area contributed by atoms with Crippen LogP contribution in [0.1, 0.15) is 12.5 Å². The Morgan fingerprint density at radius 2 is 2.12 bits per heavy atom. The van der Waals surface area contributed by atoms with Crippen molar-refractivity contribution in [3.8, 4) is 0 Å². The van der Waals surface area contributed by atoms with E-state index in [9.17, 15) is 18.4 Å². The van der Waals surface area contributed by atoms with E-state index >= 15 is 0 Å². The molecule has 4 nitrogen and oxygen atoms in total. The summed E-state index contributed by atoms with van der Waals surface area (Å²) >= 11 is 2.51.